The van der Waals surface area contributed by atoms with E-state index in [2.05, 4.69) is 21.8 Å². The van der Waals surface area contributed by atoms with E-state index in [-0.39, 0.29) is 16.1 Å². The summed E-state index contributed by atoms with van der Waals surface area (Å²) in [5, 5.41) is 9.36. The van der Waals surface area contributed by atoms with E-state index in [1.54, 1.807) is 0 Å². The third-order valence-electron chi connectivity index (χ3n) is 5.76. The first-order valence-corrected chi connectivity index (χ1v) is 12.1. The quantitative estimate of drug-likeness (QED) is 0.539. The fourth-order valence-electron chi connectivity index (χ4n) is 4.02. The standard InChI is InChI=1S/C24H24FN3O4S/c25-20-6-8-21(9-7-20)33(31,32)27-22-15-19(24(29)30)16-26-23(22)28-12-10-18(11-13-28)14-17-4-2-1-3-5-17/h1-9,15-16,18,27H,10-14H2,(H,29,30). The Morgan fingerprint density at radius 1 is 1.09 bits per heavy atom. The van der Waals surface area contributed by atoms with E-state index < -0.39 is 21.8 Å². The third-order valence-corrected chi connectivity index (χ3v) is 7.14. The molecule has 0 spiro atoms. The molecule has 0 aliphatic carbocycles. The molecule has 0 atom stereocenters. The molecule has 0 radical (unpaired) electrons. The van der Waals surface area contributed by atoms with Crippen LogP contribution in [0.15, 0.2) is 71.8 Å². The van der Waals surface area contributed by atoms with Crippen LogP contribution in [0.3, 0.4) is 0 Å². The molecule has 2 N–H and O–H groups in total. The van der Waals surface area contributed by atoms with Crippen LogP contribution in [0.2, 0.25) is 0 Å². The van der Waals surface area contributed by atoms with Crippen LogP contribution in [0.25, 0.3) is 0 Å². The SMILES string of the molecule is O=C(O)c1cnc(N2CCC(Cc3ccccc3)CC2)c(NS(=O)(=O)c2ccc(F)cc2)c1. The summed E-state index contributed by atoms with van der Waals surface area (Å²) in [6.45, 7) is 1.34. The van der Waals surface area contributed by atoms with Crippen molar-refractivity contribution in [3.05, 3.63) is 83.8 Å². The highest BCUT2D eigenvalue weighted by Gasteiger charge is 2.25. The van der Waals surface area contributed by atoms with Gasteiger partial charge in [-0.2, -0.15) is 0 Å². The number of hydrogen-bond acceptors (Lipinski definition) is 5. The minimum Gasteiger partial charge on any atom is -0.478 e. The number of carbonyl (C=O) groups is 1. The number of rotatable bonds is 7. The lowest BCUT2D eigenvalue weighted by Crippen LogP contribution is -2.35. The van der Waals surface area contributed by atoms with Crippen molar-refractivity contribution in [2.24, 2.45) is 5.92 Å². The average molecular weight is 470 g/mol. The summed E-state index contributed by atoms with van der Waals surface area (Å²) in [6.07, 6.45) is 4.01. The number of carboxylic acid groups (broad SMARTS) is 1. The zero-order chi connectivity index (χ0) is 23.4. The van der Waals surface area contributed by atoms with Crippen LogP contribution in [-0.2, 0) is 16.4 Å². The average Bonchev–Trinajstić information content (AvgIpc) is 2.80. The maximum absolute atomic E-state index is 13.2. The molecule has 0 saturated carbocycles. The number of anilines is 2. The number of carboxylic acids is 1. The molecule has 1 aliphatic rings. The van der Waals surface area contributed by atoms with Crippen molar-refractivity contribution < 1.29 is 22.7 Å². The van der Waals surface area contributed by atoms with E-state index in [0.717, 1.165) is 43.5 Å². The number of aromatic nitrogens is 1. The Balaban J connectivity index is 1.55. The predicted molar refractivity (Wildman–Crippen MR) is 123 cm³/mol. The summed E-state index contributed by atoms with van der Waals surface area (Å²) in [7, 11) is -4.06. The highest BCUT2D eigenvalue weighted by Crippen LogP contribution is 2.31. The molecule has 1 aliphatic heterocycles. The topological polar surface area (TPSA) is 99.6 Å². The summed E-state index contributed by atoms with van der Waals surface area (Å²) in [4.78, 5) is 17.6. The van der Waals surface area contributed by atoms with E-state index in [9.17, 15) is 22.7 Å². The van der Waals surface area contributed by atoms with Gasteiger partial charge < -0.3 is 10.0 Å². The fourth-order valence-corrected chi connectivity index (χ4v) is 5.07. The molecule has 4 rings (SSSR count). The molecule has 3 aromatic rings. The third kappa shape index (κ3) is 5.48. The molecule has 2 heterocycles. The summed E-state index contributed by atoms with van der Waals surface area (Å²) in [6, 6.07) is 16.0. The number of piperidine rings is 1. The predicted octanol–water partition coefficient (Wildman–Crippen LogP) is 4.18. The summed E-state index contributed by atoms with van der Waals surface area (Å²) in [5.74, 6) is -0.884. The molecule has 1 saturated heterocycles. The van der Waals surface area contributed by atoms with Crippen molar-refractivity contribution in [2.45, 2.75) is 24.2 Å². The number of nitrogens with one attached hydrogen (secondary N) is 1. The molecule has 0 amide bonds. The van der Waals surface area contributed by atoms with Crippen molar-refractivity contribution in [1.29, 1.82) is 0 Å². The van der Waals surface area contributed by atoms with Gasteiger partial charge in [-0.15, -0.1) is 0 Å². The number of benzene rings is 2. The first-order valence-electron chi connectivity index (χ1n) is 10.6. The minimum absolute atomic E-state index is 0.0840. The van der Waals surface area contributed by atoms with E-state index >= 15 is 0 Å². The van der Waals surface area contributed by atoms with Gasteiger partial charge in [-0.3, -0.25) is 4.72 Å². The zero-order valence-electron chi connectivity index (χ0n) is 17.8. The molecule has 2 aromatic carbocycles. The lowest BCUT2D eigenvalue weighted by molar-refractivity contribution is 0.0696. The monoisotopic (exact) mass is 469 g/mol. The van der Waals surface area contributed by atoms with Gasteiger partial charge >= 0.3 is 5.97 Å². The van der Waals surface area contributed by atoms with Gasteiger partial charge in [0.25, 0.3) is 10.0 Å². The maximum Gasteiger partial charge on any atom is 0.337 e. The molecule has 1 aromatic heterocycles. The second-order valence-electron chi connectivity index (χ2n) is 8.08. The second-order valence-corrected chi connectivity index (χ2v) is 9.76. The van der Waals surface area contributed by atoms with Crippen molar-refractivity contribution in [1.82, 2.24) is 4.98 Å². The molecule has 0 unspecified atom stereocenters. The highest BCUT2D eigenvalue weighted by molar-refractivity contribution is 7.92. The van der Waals surface area contributed by atoms with Gasteiger partial charge in [0, 0.05) is 19.3 Å². The van der Waals surface area contributed by atoms with Gasteiger partial charge in [0.15, 0.2) is 5.82 Å². The lowest BCUT2D eigenvalue weighted by Gasteiger charge is -2.34. The Morgan fingerprint density at radius 2 is 1.76 bits per heavy atom. The number of halogens is 1. The number of aromatic carboxylic acids is 1. The molecule has 33 heavy (non-hydrogen) atoms. The highest BCUT2D eigenvalue weighted by atomic mass is 32.2. The molecule has 1 fully saturated rings. The van der Waals surface area contributed by atoms with Gasteiger partial charge in [-0.05, 0) is 61.1 Å². The van der Waals surface area contributed by atoms with E-state index in [4.69, 9.17) is 0 Å². The smallest absolute Gasteiger partial charge is 0.337 e. The Bertz CT molecular complexity index is 1230. The Morgan fingerprint density at radius 3 is 2.39 bits per heavy atom. The van der Waals surface area contributed by atoms with Crippen LogP contribution < -0.4 is 9.62 Å². The van der Waals surface area contributed by atoms with E-state index in [1.165, 1.54) is 17.8 Å². The van der Waals surface area contributed by atoms with Gasteiger partial charge in [0.05, 0.1) is 16.1 Å². The second kappa shape index (κ2) is 9.58. The molecule has 9 heteroatoms. The van der Waals surface area contributed by atoms with Crippen molar-refractivity contribution >= 4 is 27.5 Å². The number of nitrogens with zero attached hydrogens (tertiary/aromatic N) is 2. The van der Waals surface area contributed by atoms with Gasteiger partial charge in [-0.25, -0.2) is 22.6 Å². The summed E-state index contributed by atoms with van der Waals surface area (Å²) >= 11 is 0. The van der Waals surface area contributed by atoms with Crippen molar-refractivity contribution in [3.8, 4) is 0 Å². The van der Waals surface area contributed by atoms with E-state index in [0.29, 0.717) is 24.8 Å². The largest absolute Gasteiger partial charge is 0.478 e. The molecular formula is C24H24FN3O4S. The zero-order valence-corrected chi connectivity index (χ0v) is 18.6. The van der Waals surface area contributed by atoms with Crippen LogP contribution in [-0.4, -0.2) is 37.6 Å². The first-order chi connectivity index (χ1) is 15.8. The number of sulfonamides is 1. The van der Waals surface area contributed by atoms with Crippen molar-refractivity contribution in [2.75, 3.05) is 22.7 Å². The normalized spacial score (nSPS) is 14.8. The Hall–Kier alpha value is -3.46. The summed E-state index contributed by atoms with van der Waals surface area (Å²) in [5.41, 5.74) is 1.24. The Labute approximate surface area is 192 Å². The first kappa shape index (κ1) is 22.7. The van der Waals surface area contributed by atoms with Crippen LogP contribution in [0.4, 0.5) is 15.9 Å². The minimum atomic E-state index is -4.06. The number of pyridine rings is 1. The molecule has 0 bridgehead atoms. The van der Waals surface area contributed by atoms with E-state index in [1.807, 2.05) is 23.1 Å². The van der Waals surface area contributed by atoms with Crippen LogP contribution in [0.1, 0.15) is 28.8 Å². The van der Waals surface area contributed by atoms with Gasteiger partial charge in [-0.1, -0.05) is 30.3 Å². The fraction of sp³-hybridized carbons (Fsp3) is 0.250. The number of hydrogen-bond donors (Lipinski definition) is 2. The lowest BCUT2D eigenvalue weighted by atomic mass is 9.90. The Kier molecular flexibility index (Phi) is 6.60. The van der Waals surface area contributed by atoms with Gasteiger partial charge in [0.1, 0.15) is 5.82 Å². The van der Waals surface area contributed by atoms with Crippen molar-refractivity contribution in [3.63, 3.8) is 0 Å². The summed E-state index contributed by atoms with van der Waals surface area (Å²) < 4.78 is 41.4. The molecule has 172 valence electrons. The molecule has 7 nitrogen and oxygen atoms in total. The maximum atomic E-state index is 13.2. The van der Waals surface area contributed by atoms with Crippen LogP contribution in [0.5, 0.6) is 0 Å². The van der Waals surface area contributed by atoms with Crippen LogP contribution in [0, 0.1) is 11.7 Å². The van der Waals surface area contributed by atoms with Crippen LogP contribution >= 0.6 is 0 Å². The molecular weight excluding hydrogens is 445 g/mol. The van der Waals surface area contributed by atoms with Gasteiger partial charge in [0.2, 0.25) is 0 Å².